The second kappa shape index (κ2) is 6.22. The fraction of sp³-hybridized carbons (Fsp3) is 0.429. The highest BCUT2D eigenvalue weighted by molar-refractivity contribution is 5.96. The molecule has 1 fully saturated rings. The summed E-state index contributed by atoms with van der Waals surface area (Å²) in [6.07, 6.45) is 3.60. The smallest absolute Gasteiger partial charge is 0.251 e. The van der Waals surface area contributed by atoms with Crippen molar-refractivity contribution < 1.29 is 9.59 Å². The molecule has 1 aliphatic rings. The average molecular weight is 261 g/mol. The summed E-state index contributed by atoms with van der Waals surface area (Å²) in [5.74, 6) is 0.381. The van der Waals surface area contributed by atoms with E-state index < -0.39 is 0 Å². The highest BCUT2D eigenvalue weighted by atomic mass is 16.2. The molecule has 5 heteroatoms. The summed E-state index contributed by atoms with van der Waals surface area (Å²) in [5, 5.41) is 5.38. The van der Waals surface area contributed by atoms with E-state index in [-0.39, 0.29) is 18.4 Å². The topological polar surface area (TPSA) is 84.2 Å². The van der Waals surface area contributed by atoms with Gasteiger partial charge in [0.2, 0.25) is 5.91 Å². The highest BCUT2D eigenvalue weighted by Crippen LogP contribution is 2.31. The molecule has 2 rings (SSSR count). The third-order valence-corrected chi connectivity index (χ3v) is 3.15. The second-order valence-corrected chi connectivity index (χ2v) is 4.89. The molecule has 0 unspecified atom stereocenters. The molecule has 0 aliphatic heterocycles. The third-order valence-electron chi connectivity index (χ3n) is 3.15. The molecule has 1 aromatic carbocycles. The maximum Gasteiger partial charge on any atom is 0.251 e. The zero-order valence-electron chi connectivity index (χ0n) is 10.8. The number of carbonyl (C=O) groups excluding carboxylic acids is 2. The van der Waals surface area contributed by atoms with Crippen LogP contribution in [0.3, 0.4) is 0 Å². The summed E-state index contributed by atoms with van der Waals surface area (Å²) in [6.45, 7) is 0.703. The molecule has 102 valence electrons. The number of nitrogen functional groups attached to an aromatic ring is 1. The van der Waals surface area contributed by atoms with Gasteiger partial charge < -0.3 is 16.4 Å². The minimum absolute atomic E-state index is 0.00781. The summed E-state index contributed by atoms with van der Waals surface area (Å²) in [7, 11) is 0. The quantitative estimate of drug-likeness (QED) is 0.666. The Morgan fingerprint density at radius 3 is 2.47 bits per heavy atom. The van der Waals surface area contributed by atoms with Crippen LogP contribution in [-0.2, 0) is 4.79 Å². The van der Waals surface area contributed by atoms with Gasteiger partial charge in [-0.25, -0.2) is 0 Å². The molecule has 0 radical (unpaired) electrons. The molecule has 4 N–H and O–H groups in total. The lowest BCUT2D eigenvalue weighted by Crippen LogP contribution is -2.37. The van der Waals surface area contributed by atoms with E-state index in [0.717, 1.165) is 12.3 Å². The first-order chi connectivity index (χ1) is 9.15. The Morgan fingerprint density at radius 2 is 1.84 bits per heavy atom. The van der Waals surface area contributed by atoms with E-state index in [0.29, 0.717) is 17.8 Å². The van der Waals surface area contributed by atoms with E-state index in [4.69, 9.17) is 5.73 Å². The molecule has 19 heavy (non-hydrogen) atoms. The maximum atomic E-state index is 11.7. The van der Waals surface area contributed by atoms with Crippen LogP contribution in [0.1, 0.15) is 29.6 Å². The van der Waals surface area contributed by atoms with E-state index in [1.165, 1.54) is 12.8 Å². The largest absolute Gasteiger partial charge is 0.399 e. The molecule has 1 saturated carbocycles. The van der Waals surface area contributed by atoms with Crippen LogP contribution in [0.2, 0.25) is 0 Å². The van der Waals surface area contributed by atoms with Gasteiger partial charge in [-0.2, -0.15) is 0 Å². The number of carbonyl (C=O) groups is 2. The van der Waals surface area contributed by atoms with Crippen LogP contribution in [0, 0.1) is 5.92 Å². The second-order valence-electron chi connectivity index (χ2n) is 4.89. The van der Waals surface area contributed by atoms with Crippen LogP contribution in [0.25, 0.3) is 0 Å². The van der Waals surface area contributed by atoms with Crippen LogP contribution in [0.15, 0.2) is 24.3 Å². The molecule has 0 saturated heterocycles. The van der Waals surface area contributed by atoms with Gasteiger partial charge in [-0.3, -0.25) is 9.59 Å². The fourth-order valence-corrected chi connectivity index (χ4v) is 1.78. The summed E-state index contributed by atoms with van der Waals surface area (Å²) >= 11 is 0. The first kappa shape index (κ1) is 13.4. The summed E-state index contributed by atoms with van der Waals surface area (Å²) in [6, 6.07) is 6.58. The molecule has 5 nitrogen and oxygen atoms in total. The van der Waals surface area contributed by atoms with Crippen molar-refractivity contribution in [2.45, 2.75) is 19.3 Å². The van der Waals surface area contributed by atoms with Gasteiger partial charge in [-0.15, -0.1) is 0 Å². The molecular formula is C14H19N3O2. The van der Waals surface area contributed by atoms with Crippen LogP contribution in [-0.4, -0.2) is 24.9 Å². The predicted octanol–water partition coefficient (Wildman–Crippen LogP) is 0.915. The molecule has 0 heterocycles. The van der Waals surface area contributed by atoms with Crippen molar-refractivity contribution >= 4 is 17.5 Å². The Labute approximate surface area is 112 Å². The Balaban J connectivity index is 1.67. The molecule has 0 atom stereocenters. The number of nitrogens with one attached hydrogen (secondary N) is 2. The summed E-state index contributed by atoms with van der Waals surface area (Å²) in [5.41, 5.74) is 6.64. The Hall–Kier alpha value is -2.04. The van der Waals surface area contributed by atoms with Gasteiger partial charge in [0.05, 0.1) is 6.54 Å². The normalized spacial score (nSPS) is 13.9. The van der Waals surface area contributed by atoms with E-state index >= 15 is 0 Å². The van der Waals surface area contributed by atoms with Crippen molar-refractivity contribution in [3.63, 3.8) is 0 Å². The number of benzene rings is 1. The van der Waals surface area contributed by atoms with Crippen LogP contribution in [0.4, 0.5) is 5.69 Å². The summed E-state index contributed by atoms with van der Waals surface area (Å²) < 4.78 is 0. The number of hydrogen-bond donors (Lipinski definition) is 3. The van der Waals surface area contributed by atoms with Gasteiger partial charge in [0.15, 0.2) is 0 Å². The standard InChI is InChI=1S/C14H19N3O2/c15-12-5-3-11(4-6-12)14(19)17-9-13(18)16-8-7-10-1-2-10/h3-6,10H,1-2,7-9,15H2,(H,16,18)(H,17,19). The third kappa shape index (κ3) is 4.62. The van der Waals surface area contributed by atoms with Crippen molar-refractivity contribution in [1.82, 2.24) is 10.6 Å². The number of amides is 2. The lowest BCUT2D eigenvalue weighted by molar-refractivity contribution is -0.120. The SMILES string of the molecule is Nc1ccc(C(=O)NCC(=O)NCCC2CC2)cc1. The van der Waals surface area contributed by atoms with Gasteiger partial charge in [0, 0.05) is 17.8 Å². The van der Waals surface area contributed by atoms with Crippen molar-refractivity contribution in [3.05, 3.63) is 29.8 Å². The van der Waals surface area contributed by atoms with Gasteiger partial charge in [-0.1, -0.05) is 12.8 Å². The Kier molecular flexibility index (Phi) is 4.39. The Morgan fingerprint density at radius 1 is 1.16 bits per heavy atom. The fourth-order valence-electron chi connectivity index (χ4n) is 1.78. The average Bonchev–Trinajstić information content (AvgIpc) is 3.21. The van der Waals surface area contributed by atoms with Gasteiger partial charge in [-0.05, 0) is 36.6 Å². The van der Waals surface area contributed by atoms with Crippen LogP contribution >= 0.6 is 0 Å². The zero-order valence-corrected chi connectivity index (χ0v) is 10.8. The summed E-state index contributed by atoms with van der Waals surface area (Å²) in [4.78, 5) is 23.2. The number of anilines is 1. The van der Waals surface area contributed by atoms with E-state index in [1.807, 2.05) is 0 Å². The van der Waals surface area contributed by atoms with Crippen molar-refractivity contribution in [3.8, 4) is 0 Å². The Bertz CT molecular complexity index is 452. The minimum Gasteiger partial charge on any atom is -0.399 e. The van der Waals surface area contributed by atoms with Gasteiger partial charge >= 0.3 is 0 Å². The molecule has 1 aromatic rings. The number of hydrogen-bond acceptors (Lipinski definition) is 3. The maximum absolute atomic E-state index is 11.7. The van der Waals surface area contributed by atoms with Crippen LogP contribution < -0.4 is 16.4 Å². The lowest BCUT2D eigenvalue weighted by Gasteiger charge is -2.06. The first-order valence-electron chi connectivity index (χ1n) is 6.55. The first-order valence-corrected chi connectivity index (χ1v) is 6.55. The van der Waals surface area contributed by atoms with E-state index in [9.17, 15) is 9.59 Å². The van der Waals surface area contributed by atoms with E-state index in [2.05, 4.69) is 10.6 Å². The van der Waals surface area contributed by atoms with Gasteiger partial charge in [0.25, 0.3) is 5.91 Å². The monoisotopic (exact) mass is 261 g/mol. The minimum atomic E-state index is -0.266. The zero-order chi connectivity index (χ0) is 13.7. The van der Waals surface area contributed by atoms with Crippen molar-refractivity contribution in [2.24, 2.45) is 5.92 Å². The van der Waals surface area contributed by atoms with E-state index in [1.54, 1.807) is 24.3 Å². The number of rotatable bonds is 6. The molecule has 2 amide bonds. The molecule has 0 aromatic heterocycles. The highest BCUT2D eigenvalue weighted by Gasteiger charge is 2.20. The lowest BCUT2D eigenvalue weighted by atomic mass is 10.2. The molecular weight excluding hydrogens is 242 g/mol. The molecule has 1 aliphatic carbocycles. The molecule has 0 bridgehead atoms. The van der Waals surface area contributed by atoms with Crippen molar-refractivity contribution in [2.75, 3.05) is 18.8 Å². The predicted molar refractivity (Wildman–Crippen MR) is 73.5 cm³/mol. The molecule has 0 spiro atoms. The van der Waals surface area contributed by atoms with Crippen LogP contribution in [0.5, 0.6) is 0 Å². The van der Waals surface area contributed by atoms with Gasteiger partial charge in [0.1, 0.15) is 0 Å². The number of nitrogens with two attached hydrogens (primary N) is 1. The van der Waals surface area contributed by atoms with Crippen molar-refractivity contribution in [1.29, 1.82) is 0 Å².